The third kappa shape index (κ3) is 5.85. The standard InChI is InChI=1S/C10H16N4O4/c1-14-4-2-8(13-14)6-12-10(17)11-3-5-18-7-9(15)16/h2,4H,3,5-7H2,1H3,(H,15,16)(H2,11,12,17). The van der Waals surface area contributed by atoms with Gasteiger partial charge in [0.25, 0.3) is 0 Å². The number of hydrogen-bond donors (Lipinski definition) is 3. The predicted molar refractivity (Wildman–Crippen MR) is 61.9 cm³/mol. The second-order valence-corrected chi connectivity index (χ2v) is 3.54. The molecule has 1 rings (SSSR count). The Morgan fingerprint density at radius 3 is 2.89 bits per heavy atom. The molecule has 0 aliphatic carbocycles. The van der Waals surface area contributed by atoms with Gasteiger partial charge < -0.3 is 20.5 Å². The first-order valence-corrected chi connectivity index (χ1v) is 5.37. The van der Waals surface area contributed by atoms with Gasteiger partial charge in [0, 0.05) is 19.8 Å². The van der Waals surface area contributed by atoms with Crippen LogP contribution in [0.15, 0.2) is 12.3 Å². The SMILES string of the molecule is Cn1ccc(CNC(=O)NCCOCC(=O)O)n1. The number of aromatic nitrogens is 2. The summed E-state index contributed by atoms with van der Waals surface area (Å²) in [5.74, 6) is -1.03. The topological polar surface area (TPSA) is 105 Å². The fraction of sp³-hybridized carbons (Fsp3) is 0.500. The Morgan fingerprint density at radius 1 is 1.50 bits per heavy atom. The smallest absolute Gasteiger partial charge is 0.329 e. The van der Waals surface area contributed by atoms with E-state index in [4.69, 9.17) is 9.84 Å². The van der Waals surface area contributed by atoms with Crippen LogP contribution in [0.4, 0.5) is 4.79 Å². The molecule has 0 unspecified atom stereocenters. The van der Waals surface area contributed by atoms with Crippen LogP contribution in [0.2, 0.25) is 0 Å². The van der Waals surface area contributed by atoms with Crippen LogP contribution in [0.25, 0.3) is 0 Å². The Morgan fingerprint density at radius 2 is 2.28 bits per heavy atom. The number of hydrogen-bond acceptors (Lipinski definition) is 4. The van der Waals surface area contributed by atoms with Gasteiger partial charge in [-0.25, -0.2) is 9.59 Å². The summed E-state index contributed by atoms with van der Waals surface area (Å²) in [6.45, 7) is 0.379. The molecule has 0 atom stereocenters. The number of urea groups is 1. The molecule has 0 bridgehead atoms. The molecule has 1 aromatic rings. The number of aliphatic carboxylic acids is 1. The van der Waals surface area contributed by atoms with Crippen LogP contribution in [0.3, 0.4) is 0 Å². The van der Waals surface area contributed by atoms with Crippen molar-refractivity contribution < 1.29 is 19.4 Å². The van der Waals surface area contributed by atoms with E-state index in [-0.39, 0.29) is 25.8 Å². The molecule has 0 aromatic carbocycles. The number of aryl methyl sites for hydroxylation is 1. The lowest BCUT2D eigenvalue weighted by molar-refractivity contribution is -0.142. The van der Waals surface area contributed by atoms with E-state index in [0.29, 0.717) is 6.54 Å². The minimum absolute atomic E-state index is 0.156. The van der Waals surface area contributed by atoms with Gasteiger partial charge in [-0.05, 0) is 6.07 Å². The van der Waals surface area contributed by atoms with Gasteiger partial charge >= 0.3 is 12.0 Å². The molecule has 8 nitrogen and oxygen atoms in total. The molecule has 0 aliphatic rings. The summed E-state index contributed by atoms with van der Waals surface area (Å²) in [6, 6.07) is 1.45. The molecule has 0 aliphatic heterocycles. The van der Waals surface area contributed by atoms with Crippen molar-refractivity contribution in [2.75, 3.05) is 19.8 Å². The van der Waals surface area contributed by atoms with Gasteiger partial charge in [-0.3, -0.25) is 4.68 Å². The zero-order chi connectivity index (χ0) is 13.4. The van der Waals surface area contributed by atoms with E-state index in [1.54, 1.807) is 24.0 Å². The second-order valence-electron chi connectivity index (χ2n) is 3.54. The third-order valence-electron chi connectivity index (χ3n) is 1.96. The van der Waals surface area contributed by atoms with Gasteiger partial charge in [0.2, 0.25) is 0 Å². The Bertz CT molecular complexity index is 404. The Labute approximate surface area is 104 Å². The van der Waals surface area contributed by atoms with Crippen molar-refractivity contribution >= 4 is 12.0 Å². The maximum absolute atomic E-state index is 11.3. The van der Waals surface area contributed by atoms with Gasteiger partial charge in [-0.2, -0.15) is 5.10 Å². The van der Waals surface area contributed by atoms with Crippen molar-refractivity contribution in [3.05, 3.63) is 18.0 Å². The predicted octanol–water partition coefficient (Wildman–Crippen LogP) is -0.679. The molecule has 1 heterocycles. The van der Waals surface area contributed by atoms with Crippen LogP contribution in [0.1, 0.15) is 5.69 Å². The van der Waals surface area contributed by atoms with Crippen molar-refractivity contribution in [2.45, 2.75) is 6.54 Å². The molecule has 0 spiro atoms. The molecule has 100 valence electrons. The Kier molecular flexibility index (Phi) is 5.65. The number of carboxylic acids is 1. The molecule has 3 N–H and O–H groups in total. The maximum atomic E-state index is 11.3. The lowest BCUT2D eigenvalue weighted by Crippen LogP contribution is -2.37. The molecule has 0 radical (unpaired) electrons. The number of nitrogens with one attached hydrogen (secondary N) is 2. The normalized spacial score (nSPS) is 10.1. The average molecular weight is 256 g/mol. The lowest BCUT2D eigenvalue weighted by atomic mass is 10.4. The van der Waals surface area contributed by atoms with Crippen LogP contribution in [0.5, 0.6) is 0 Å². The molecule has 2 amide bonds. The van der Waals surface area contributed by atoms with E-state index in [9.17, 15) is 9.59 Å². The van der Waals surface area contributed by atoms with Crippen molar-refractivity contribution in [3.8, 4) is 0 Å². The summed E-state index contributed by atoms with van der Waals surface area (Å²) < 4.78 is 6.40. The summed E-state index contributed by atoms with van der Waals surface area (Å²) >= 11 is 0. The van der Waals surface area contributed by atoms with Crippen LogP contribution in [-0.2, 0) is 23.1 Å². The zero-order valence-corrected chi connectivity index (χ0v) is 10.0. The summed E-state index contributed by atoms with van der Waals surface area (Å²) in [6.07, 6.45) is 1.79. The van der Waals surface area contributed by atoms with E-state index >= 15 is 0 Å². The van der Waals surface area contributed by atoms with Crippen LogP contribution >= 0.6 is 0 Å². The highest BCUT2D eigenvalue weighted by Crippen LogP contribution is 1.92. The second kappa shape index (κ2) is 7.28. The third-order valence-corrected chi connectivity index (χ3v) is 1.96. The summed E-state index contributed by atoms with van der Waals surface area (Å²) in [7, 11) is 1.80. The number of carbonyl (C=O) groups excluding carboxylic acids is 1. The van der Waals surface area contributed by atoms with E-state index < -0.39 is 5.97 Å². The fourth-order valence-electron chi connectivity index (χ4n) is 1.19. The van der Waals surface area contributed by atoms with E-state index in [1.807, 2.05) is 0 Å². The minimum atomic E-state index is -1.03. The molecule has 0 fully saturated rings. The van der Waals surface area contributed by atoms with E-state index in [0.717, 1.165) is 5.69 Å². The lowest BCUT2D eigenvalue weighted by Gasteiger charge is -2.06. The molecule has 1 aromatic heterocycles. The Hall–Kier alpha value is -2.09. The number of ether oxygens (including phenoxy) is 1. The number of rotatable bonds is 7. The first-order valence-electron chi connectivity index (χ1n) is 5.37. The quantitative estimate of drug-likeness (QED) is 0.560. The fourth-order valence-corrected chi connectivity index (χ4v) is 1.19. The van der Waals surface area contributed by atoms with Gasteiger partial charge in [-0.1, -0.05) is 0 Å². The molecular formula is C10H16N4O4. The molecule has 18 heavy (non-hydrogen) atoms. The molecule has 0 saturated heterocycles. The van der Waals surface area contributed by atoms with Gasteiger partial charge in [0.15, 0.2) is 0 Å². The van der Waals surface area contributed by atoms with Crippen LogP contribution in [-0.4, -0.2) is 46.6 Å². The number of nitrogens with zero attached hydrogens (tertiary/aromatic N) is 2. The maximum Gasteiger partial charge on any atom is 0.329 e. The van der Waals surface area contributed by atoms with Crippen molar-refractivity contribution in [1.82, 2.24) is 20.4 Å². The molecule has 0 saturated carbocycles. The minimum Gasteiger partial charge on any atom is -0.480 e. The van der Waals surface area contributed by atoms with Crippen molar-refractivity contribution in [2.24, 2.45) is 7.05 Å². The van der Waals surface area contributed by atoms with E-state index in [1.165, 1.54) is 0 Å². The summed E-state index contributed by atoms with van der Waals surface area (Å²) in [4.78, 5) is 21.4. The van der Waals surface area contributed by atoms with Gasteiger partial charge in [0.1, 0.15) is 6.61 Å². The number of carbonyl (C=O) groups is 2. The number of carboxylic acid groups (broad SMARTS) is 1. The Balaban J connectivity index is 2.05. The van der Waals surface area contributed by atoms with Gasteiger partial charge in [-0.15, -0.1) is 0 Å². The van der Waals surface area contributed by atoms with Crippen LogP contribution < -0.4 is 10.6 Å². The largest absolute Gasteiger partial charge is 0.480 e. The van der Waals surface area contributed by atoms with Crippen LogP contribution in [0, 0.1) is 0 Å². The summed E-state index contributed by atoms with van der Waals surface area (Å²) in [5.41, 5.74) is 0.759. The first kappa shape index (κ1) is 14.0. The highest BCUT2D eigenvalue weighted by molar-refractivity contribution is 5.73. The monoisotopic (exact) mass is 256 g/mol. The molecule has 8 heteroatoms. The number of amides is 2. The molecular weight excluding hydrogens is 240 g/mol. The van der Waals surface area contributed by atoms with Crippen molar-refractivity contribution in [1.29, 1.82) is 0 Å². The average Bonchev–Trinajstić information content (AvgIpc) is 2.71. The van der Waals surface area contributed by atoms with E-state index in [2.05, 4.69) is 15.7 Å². The van der Waals surface area contributed by atoms with Gasteiger partial charge in [0.05, 0.1) is 18.8 Å². The summed E-state index contributed by atoms with van der Waals surface area (Å²) in [5, 5.41) is 17.5. The highest BCUT2D eigenvalue weighted by Gasteiger charge is 2.02. The zero-order valence-electron chi connectivity index (χ0n) is 10.0. The van der Waals surface area contributed by atoms with Crippen molar-refractivity contribution in [3.63, 3.8) is 0 Å². The first-order chi connectivity index (χ1) is 8.58. The highest BCUT2D eigenvalue weighted by atomic mass is 16.5.